The van der Waals surface area contributed by atoms with Crippen LogP contribution in [-0.2, 0) is 16.1 Å². The van der Waals surface area contributed by atoms with Crippen LogP contribution in [0, 0.1) is 5.92 Å². The number of hydrogen-bond donors (Lipinski definition) is 2. The first-order valence-electron chi connectivity index (χ1n) is 10.2. The lowest BCUT2D eigenvalue weighted by atomic mass is 10.0. The SMILES string of the molecule is CC(NC(=O)[C@@H](NC(=O)OCc1ccccc1)C(C)C)c1ccc(-n2cncn2)cc1. The first kappa shape index (κ1) is 22.0. The molecule has 0 bridgehead atoms. The van der Waals surface area contributed by atoms with E-state index in [1.807, 2.05) is 75.4 Å². The summed E-state index contributed by atoms with van der Waals surface area (Å²) in [4.78, 5) is 29.0. The zero-order chi connectivity index (χ0) is 22.2. The maximum Gasteiger partial charge on any atom is 0.408 e. The highest BCUT2D eigenvalue weighted by atomic mass is 16.5. The predicted octanol–water partition coefficient (Wildman–Crippen LogP) is 3.40. The van der Waals surface area contributed by atoms with E-state index in [4.69, 9.17) is 4.74 Å². The number of carbonyl (C=O) groups excluding carboxylic acids is 2. The van der Waals surface area contributed by atoms with Gasteiger partial charge in [0.1, 0.15) is 25.3 Å². The van der Waals surface area contributed by atoms with E-state index >= 15 is 0 Å². The summed E-state index contributed by atoms with van der Waals surface area (Å²) < 4.78 is 6.91. The summed E-state index contributed by atoms with van der Waals surface area (Å²) in [5, 5.41) is 9.74. The highest BCUT2D eigenvalue weighted by molar-refractivity contribution is 5.86. The Bertz CT molecular complexity index is 972. The van der Waals surface area contributed by atoms with E-state index < -0.39 is 12.1 Å². The van der Waals surface area contributed by atoms with Crippen LogP contribution in [0.15, 0.2) is 67.3 Å². The highest BCUT2D eigenvalue weighted by Gasteiger charge is 2.26. The fraction of sp³-hybridized carbons (Fsp3) is 0.304. The zero-order valence-electron chi connectivity index (χ0n) is 17.9. The molecule has 0 fully saturated rings. The molecule has 0 saturated heterocycles. The van der Waals surface area contributed by atoms with E-state index in [-0.39, 0.29) is 24.5 Å². The van der Waals surface area contributed by atoms with Crippen molar-refractivity contribution in [2.75, 3.05) is 0 Å². The third-order valence-electron chi connectivity index (χ3n) is 4.87. The third-order valence-corrected chi connectivity index (χ3v) is 4.87. The number of ether oxygens (including phenoxy) is 1. The maximum atomic E-state index is 12.8. The van der Waals surface area contributed by atoms with Gasteiger partial charge in [0.05, 0.1) is 11.7 Å². The topological polar surface area (TPSA) is 98.1 Å². The Kier molecular flexibility index (Phi) is 7.37. The van der Waals surface area contributed by atoms with Gasteiger partial charge >= 0.3 is 6.09 Å². The average Bonchev–Trinajstić information content (AvgIpc) is 3.31. The van der Waals surface area contributed by atoms with Crippen LogP contribution in [0.3, 0.4) is 0 Å². The van der Waals surface area contributed by atoms with Gasteiger partial charge in [-0.2, -0.15) is 5.10 Å². The van der Waals surface area contributed by atoms with E-state index in [1.165, 1.54) is 6.33 Å². The van der Waals surface area contributed by atoms with Crippen molar-refractivity contribution in [2.45, 2.75) is 39.5 Å². The Labute approximate surface area is 181 Å². The molecular weight excluding hydrogens is 394 g/mol. The molecule has 1 heterocycles. The molecular formula is C23H27N5O3. The molecule has 2 aromatic carbocycles. The molecule has 8 heteroatoms. The molecule has 8 nitrogen and oxygen atoms in total. The molecule has 2 atom stereocenters. The number of nitrogens with one attached hydrogen (secondary N) is 2. The smallest absolute Gasteiger partial charge is 0.408 e. The molecule has 1 unspecified atom stereocenters. The molecule has 3 aromatic rings. The Morgan fingerprint density at radius 1 is 1.00 bits per heavy atom. The van der Waals surface area contributed by atoms with Crippen LogP contribution in [0.25, 0.3) is 5.69 Å². The van der Waals surface area contributed by atoms with Crippen LogP contribution >= 0.6 is 0 Å². The van der Waals surface area contributed by atoms with Crippen LogP contribution in [0.1, 0.15) is 37.9 Å². The van der Waals surface area contributed by atoms with Gasteiger partial charge in [-0.15, -0.1) is 0 Å². The molecule has 0 aliphatic carbocycles. The fourth-order valence-corrected chi connectivity index (χ4v) is 3.07. The highest BCUT2D eigenvalue weighted by Crippen LogP contribution is 2.16. The van der Waals surface area contributed by atoms with Crippen molar-refractivity contribution in [3.8, 4) is 5.69 Å². The summed E-state index contributed by atoms with van der Waals surface area (Å²) in [5.74, 6) is -0.370. The van der Waals surface area contributed by atoms with E-state index in [9.17, 15) is 9.59 Å². The number of hydrogen-bond acceptors (Lipinski definition) is 5. The summed E-state index contributed by atoms with van der Waals surface area (Å²) in [5.41, 5.74) is 2.69. The minimum Gasteiger partial charge on any atom is -0.445 e. The largest absolute Gasteiger partial charge is 0.445 e. The Balaban J connectivity index is 1.56. The second kappa shape index (κ2) is 10.4. The minimum atomic E-state index is -0.708. The van der Waals surface area contributed by atoms with Crippen LogP contribution in [-0.4, -0.2) is 32.8 Å². The monoisotopic (exact) mass is 421 g/mol. The van der Waals surface area contributed by atoms with Gasteiger partial charge < -0.3 is 15.4 Å². The van der Waals surface area contributed by atoms with Crippen molar-refractivity contribution in [3.05, 3.63) is 78.4 Å². The molecule has 0 aliphatic heterocycles. The molecule has 0 aliphatic rings. The number of amides is 2. The summed E-state index contributed by atoms with van der Waals surface area (Å²) in [6, 6.07) is 16.1. The number of benzene rings is 2. The summed E-state index contributed by atoms with van der Waals surface area (Å²) in [7, 11) is 0. The summed E-state index contributed by atoms with van der Waals surface area (Å²) in [6.45, 7) is 5.79. The van der Waals surface area contributed by atoms with Gasteiger partial charge in [0.25, 0.3) is 0 Å². The van der Waals surface area contributed by atoms with Crippen molar-refractivity contribution in [3.63, 3.8) is 0 Å². The Morgan fingerprint density at radius 2 is 1.71 bits per heavy atom. The molecule has 0 spiro atoms. The van der Waals surface area contributed by atoms with Gasteiger partial charge in [0.2, 0.25) is 5.91 Å². The van der Waals surface area contributed by atoms with Crippen LogP contribution < -0.4 is 10.6 Å². The summed E-state index contributed by atoms with van der Waals surface area (Å²) in [6.07, 6.45) is 2.47. The van der Waals surface area contributed by atoms with E-state index in [1.54, 1.807) is 11.0 Å². The lowest BCUT2D eigenvalue weighted by molar-refractivity contribution is -0.124. The van der Waals surface area contributed by atoms with Crippen LogP contribution in [0.2, 0.25) is 0 Å². The predicted molar refractivity (Wildman–Crippen MR) is 116 cm³/mol. The first-order valence-corrected chi connectivity index (χ1v) is 10.2. The lowest BCUT2D eigenvalue weighted by Crippen LogP contribution is -2.50. The molecule has 0 radical (unpaired) electrons. The lowest BCUT2D eigenvalue weighted by Gasteiger charge is -2.24. The van der Waals surface area contributed by atoms with E-state index in [0.29, 0.717) is 0 Å². The number of alkyl carbamates (subject to hydrolysis) is 1. The molecule has 3 rings (SSSR count). The Morgan fingerprint density at radius 3 is 2.32 bits per heavy atom. The van der Waals surface area contributed by atoms with Gasteiger partial charge in [-0.1, -0.05) is 56.3 Å². The molecule has 2 N–H and O–H groups in total. The van der Waals surface area contributed by atoms with Gasteiger partial charge in [0.15, 0.2) is 0 Å². The van der Waals surface area contributed by atoms with E-state index in [2.05, 4.69) is 20.7 Å². The Hall–Kier alpha value is -3.68. The second-order valence-electron chi connectivity index (χ2n) is 7.59. The normalized spacial score (nSPS) is 12.8. The van der Waals surface area contributed by atoms with Crippen molar-refractivity contribution >= 4 is 12.0 Å². The average molecular weight is 422 g/mol. The van der Waals surface area contributed by atoms with Gasteiger partial charge in [-0.3, -0.25) is 4.79 Å². The number of nitrogens with zero attached hydrogens (tertiary/aromatic N) is 3. The minimum absolute atomic E-state index is 0.105. The third kappa shape index (κ3) is 6.15. The van der Waals surface area contributed by atoms with Crippen molar-refractivity contribution in [1.29, 1.82) is 0 Å². The van der Waals surface area contributed by atoms with Crippen LogP contribution in [0.5, 0.6) is 0 Å². The molecule has 0 saturated carbocycles. The number of rotatable bonds is 8. The summed E-state index contributed by atoms with van der Waals surface area (Å²) >= 11 is 0. The van der Waals surface area contributed by atoms with E-state index in [0.717, 1.165) is 16.8 Å². The van der Waals surface area contributed by atoms with Gasteiger partial charge in [-0.25, -0.2) is 14.5 Å². The van der Waals surface area contributed by atoms with Crippen molar-refractivity contribution < 1.29 is 14.3 Å². The molecule has 162 valence electrons. The number of carbonyl (C=O) groups is 2. The van der Waals surface area contributed by atoms with Crippen molar-refractivity contribution in [2.24, 2.45) is 5.92 Å². The van der Waals surface area contributed by atoms with Gasteiger partial charge in [0, 0.05) is 0 Å². The molecule has 31 heavy (non-hydrogen) atoms. The van der Waals surface area contributed by atoms with Crippen LogP contribution in [0.4, 0.5) is 4.79 Å². The zero-order valence-corrected chi connectivity index (χ0v) is 17.9. The first-order chi connectivity index (χ1) is 14.9. The van der Waals surface area contributed by atoms with Gasteiger partial charge in [-0.05, 0) is 36.1 Å². The number of aromatic nitrogens is 3. The maximum absolute atomic E-state index is 12.8. The molecule has 2 amide bonds. The molecule has 1 aromatic heterocycles. The standard InChI is InChI=1S/C23H27N5O3/c1-16(2)21(27-23(30)31-13-18-7-5-4-6-8-18)22(29)26-17(3)19-9-11-20(12-10-19)28-15-24-14-25-28/h4-12,14-17,21H,13H2,1-3H3,(H,26,29)(H,27,30)/t17?,21-/m0/s1. The second-order valence-corrected chi connectivity index (χ2v) is 7.59. The quantitative estimate of drug-likeness (QED) is 0.581. The fourth-order valence-electron chi connectivity index (χ4n) is 3.07. The van der Waals surface area contributed by atoms with Crippen molar-refractivity contribution in [1.82, 2.24) is 25.4 Å².